The van der Waals surface area contributed by atoms with Gasteiger partial charge < -0.3 is 15.4 Å². The van der Waals surface area contributed by atoms with Crippen molar-refractivity contribution in [2.75, 3.05) is 43.7 Å². The first-order chi connectivity index (χ1) is 8.56. The highest BCUT2D eigenvalue weighted by Gasteiger charge is 2.12. The fourth-order valence-electron chi connectivity index (χ4n) is 1.63. The van der Waals surface area contributed by atoms with Crippen LogP contribution in [0, 0.1) is 5.92 Å². The van der Waals surface area contributed by atoms with Crippen LogP contribution in [-0.2, 0) is 4.74 Å². The lowest BCUT2D eigenvalue weighted by atomic mass is 10.2. The number of aromatic nitrogens is 2. The summed E-state index contributed by atoms with van der Waals surface area (Å²) in [6, 6.07) is 1.82. The van der Waals surface area contributed by atoms with E-state index in [1.807, 2.05) is 12.3 Å². The van der Waals surface area contributed by atoms with Crippen molar-refractivity contribution in [1.29, 1.82) is 0 Å². The Morgan fingerprint density at radius 3 is 2.72 bits per heavy atom. The summed E-state index contributed by atoms with van der Waals surface area (Å²) in [5.74, 6) is 1.93. The Morgan fingerprint density at radius 2 is 2.17 bits per heavy atom. The van der Waals surface area contributed by atoms with Crippen molar-refractivity contribution < 1.29 is 4.74 Å². The molecular formula is C12H22N4OS. The average Bonchev–Trinajstić information content (AvgIpc) is 2.33. The molecule has 0 saturated carbocycles. The highest BCUT2D eigenvalue weighted by atomic mass is 32.2. The fraction of sp³-hybridized carbons (Fsp3) is 0.667. The van der Waals surface area contributed by atoms with Crippen LogP contribution >= 0.6 is 11.8 Å². The highest BCUT2D eigenvalue weighted by Crippen LogP contribution is 2.19. The number of rotatable bonds is 7. The number of nitrogens with zero attached hydrogens (tertiary/aromatic N) is 3. The van der Waals surface area contributed by atoms with Gasteiger partial charge in [0.2, 0.25) is 0 Å². The van der Waals surface area contributed by atoms with Crippen LogP contribution in [0.15, 0.2) is 11.2 Å². The summed E-state index contributed by atoms with van der Waals surface area (Å²) < 4.78 is 5.14. The molecule has 1 heterocycles. The van der Waals surface area contributed by atoms with Gasteiger partial charge in [0, 0.05) is 26.3 Å². The van der Waals surface area contributed by atoms with Crippen molar-refractivity contribution in [3.63, 3.8) is 0 Å². The second-order valence-electron chi connectivity index (χ2n) is 4.47. The molecule has 0 aliphatic heterocycles. The third kappa shape index (κ3) is 4.70. The van der Waals surface area contributed by atoms with Crippen molar-refractivity contribution >= 4 is 23.4 Å². The molecule has 0 aliphatic rings. The summed E-state index contributed by atoms with van der Waals surface area (Å²) in [7, 11) is 1.70. The molecule has 0 unspecified atom stereocenters. The Morgan fingerprint density at radius 1 is 1.44 bits per heavy atom. The third-order valence-electron chi connectivity index (χ3n) is 2.37. The number of hydrogen-bond donors (Lipinski definition) is 1. The molecule has 0 atom stereocenters. The van der Waals surface area contributed by atoms with Crippen molar-refractivity contribution in [1.82, 2.24) is 9.97 Å². The highest BCUT2D eigenvalue weighted by molar-refractivity contribution is 7.98. The second kappa shape index (κ2) is 7.43. The van der Waals surface area contributed by atoms with Gasteiger partial charge in [-0.3, -0.25) is 0 Å². The molecule has 102 valence electrons. The number of thioether (sulfide) groups is 1. The SMILES string of the molecule is COCCN(CC(C)C)c1cc(N)nc(SC)n1. The summed E-state index contributed by atoms with van der Waals surface area (Å²) >= 11 is 1.50. The van der Waals surface area contributed by atoms with Crippen LogP contribution in [0.4, 0.5) is 11.6 Å². The van der Waals surface area contributed by atoms with Crippen LogP contribution in [0.3, 0.4) is 0 Å². The Kier molecular flexibility index (Phi) is 6.21. The van der Waals surface area contributed by atoms with Gasteiger partial charge in [-0.2, -0.15) is 0 Å². The van der Waals surface area contributed by atoms with Crippen LogP contribution in [0.1, 0.15) is 13.8 Å². The first-order valence-electron chi connectivity index (χ1n) is 5.99. The van der Waals surface area contributed by atoms with Gasteiger partial charge in [-0.25, -0.2) is 9.97 Å². The van der Waals surface area contributed by atoms with Crippen molar-refractivity contribution in [3.8, 4) is 0 Å². The molecule has 0 radical (unpaired) electrons. The Labute approximate surface area is 113 Å². The van der Waals surface area contributed by atoms with Crippen LogP contribution in [0.25, 0.3) is 0 Å². The van der Waals surface area contributed by atoms with Gasteiger partial charge in [0.15, 0.2) is 5.16 Å². The summed E-state index contributed by atoms with van der Waals surface area (Å²) in [6.07, 6.45) is 1.94. The lowest BCUT2D eigenvalue weighted by Crippen LogP contribution is -2.32. The molecule has 2 N–H and O–H groups in total. The largest absolute Gasteiger partial charge is 0.383 e. The molecule has 5 nitrogen and oxygen atoms in total. The van der Waals surface area contributed by atoms with Crippen LogP contribution in [0.2, 0.25) is 0 Å². The quantitative estimate of drug-likeness (QED) is 0.603. The van der Waals surface area contributed by atoms with E-state index in [2.05, 4.69) is 28.7 Å². The lowest BCUT2D eigenvalue weighted by molar-refractivity contribution is 0.204. The van der Waals surface area contributed by atoms with Gasteiger partial charge in [-0.1, -0.05) is 25.6 Å². The van der Waals surface area contributed by atoms with Crippen LogP contribution < -0.4 is 10.6 Å². The minimum atomic E-state index is 0.510. The van der Waals surface area contributed by atoms with E-state index in [1.54, 1.807) is 7.11 Å². The third-order valence-corrected chi connectivity index (χ3v) is 2.92. The molecule has 0 aromatic carbocycles. The summed E-state index contributed by atoms with van der Waals surface area (Å²) in [4.78, 5) is 10.9. The molecule has 1 rings (SSSR count). The minimum Gasteiger partial charge on any atom is -0.383 e. The standard InChI is InChI=1S/C12H22N4OS/c1-9(2)8-16(5-6-17-3)11-7-10(13)14-12(15-11)18-4/h7,9H,5-6,8H2,1-4H3,(H2,13,14,15). The number of hydrogen-bond acceptors (Lipinski definition) is 6. The summed E-state index contributed by atoms with van der Waals surface area (Å²) in [6.45, 7) is 6.76. The molecule has 0 spiro atoms. The number of nitrogens with two attached hydrogens (primary N) is 1. The topological polar surface area (TPSA) is 64.3 Å². The predicted molar refractivity (Wildman–Crippen MR) is 77.2 cm³/mol. The zero-order valence-electron chi connectivity index (χ0n) is 11.5. The van der Waals surface area contributed by atoms with Gasteiger partial charge in [-0.05, 0) is 12.2 Å². The lowest BCUT2D eigenvalue weighted by Gasteiger charge is -2.25. The number of anilines is 2. The Bertz CT molecular complexity index is 373. The minimum absolute atomic E-state index is 0.510. The van der Waals surface area contributed by atoms with Crippen molar-refractivity contribution in [3.05, 3.63) is 6.07 Å². The van der Waals surface area contributed by atoms with E-state index in [4.69, 9.17) is 10.5 Å². The first-order valence-corrected chi connectivity index (χ1v) is 7.21. The molecule has 1 aromatic heterocycles. The molecule has 1 aromatic rings. The summed E-state index contributed by atoms with van der Waals surface area (Å²) in [5, 5.41) is 0.705. The van der Waals surface area contributed by atoms with Crippen LogP contribution in [0.5, 0.6) is 0 Å². The number of methoxy groups -OCH3 is 1. The zero-order chi connectivity index (χ0) is 13.5. The van der Waals surface area contributed by atoms with Gasteiger partial charge in [0.05, 0.1) is 6.61 Å². The molecule has 0 saturated heterocycles. The van der Waals surface area contributed by atoms with E-state index in [-0.39, 0.29) is 0 Å². The van der Waals surface area contributed by atoms with Gasteiger partial charge in [0.25, 0.3) is 0 Å². The predicted octanol–water partition coefficient (Wildman–Crippen LogP) is 1.89. The molecule has 0 fully saturated rings. The normalized spacial score (nSPS) is 10.9. The maximum atomic E-state index is 5.81. The molecule has 6 heteroatoms. The maximum Gasteiger partial charge on any atom is 0.191 e. The molecule has 18 heavy (non-hydrogen) atoms. The van der Waals surface area contributed by atoms with E-state index in [9.17, 15) is 0 Å². The number of ether oxygens (including phenoxy) is 1. The van der Waals surface area contributed by atoms with E-state index < -0.39 is 0 Å². The Hall–Kier alpha value is -1.01. The number of nitrogen functional groups attached to an aromatic ring is 1. The van der Waals surface area contributed by atoms with Gasteiger partial charge in [0.1, 0.15) is 11.6 Å². The second-order valence-corrected chi connectivity index (χ2v) is 5.24. The Balaban J connectivity index is 2.91. The maximum absolute atomic E-state index is 5.81. The van der Waals surface area contributed by atoms with E-state index in [0.29, 0.717) is 23.5 Å². The smallest absolute Gasteiger partial charge is 0.191 e. The summed E-state index contributed by atoms with van der Waals surface area (Å²) in [5.41, 5.74) is 5.81. The fourth-order valence-corrected chi connectivity index (χ4v) is 2.01. The van der Waals surface area contributed by atoms with Gasteiger partial charge >= 0.3 is 0 Å². The van der Waals surface area contributed by atoms with E-state index in [1.165, 1.54) is 11.8 Å². The molecule has 0 aliphatic carbocycles. The van der Waals surface area contributed by atoms with Gasteiger partial charge in [-0.15, -0.1) is 0 Å². The van der Waals surface area contributed by atoms with Crippen LogP contribution in [-0.4, -0.2) is 43.0 Å². The molecule has 0 amide bonds. The monoisotopic (exact) mass is 270 g/mol. The molecular weight excluding hydrogens is 248 g/mol. The van der Waals surface area contributed by atoms with E-state index in [0.717, 1.165) is 18.9 Å². The first kappa shape index (κ1) is 15.0. The van der Waals surface area contributed by atoms with E-state index >= 15 is 0 Å². The zero-order valence-corrected chi connectivity index (χ0v) is 12.3. The average molecular weight is 270 g/mol. The van der Waals surface area contributed by atoms with Crippen molar-refractivity contribution in [2.45, 2.75) is 19.0 Å². The molecule has 0 bridgehead atoms. The van der Waals surface area contributed by atoms with Crippen molar-refractivity contribution in [2.24, 2.45) is 5.92 Å².